The third-order valence-electron chi connectivity index (χ3n) is 3.54. The number of methoxy groups -OCH3 is 1. The molecule has 1 aromatic heterocycles. The molecule has 17 heavy (non-hydrogen) atoms. The van der Waals surface area contributed by atoms with Crippen LogP contribution in [0.25, 0.3) is 0 Å². The first kappa shape index (κ1) is 13.8. The van der Waals surface area contributed by atoms with E-state index in [4.69, 9.17) is 10.5 Å². The molecule has 0 spiro atoms. The molecule has 0 amide bonds. The summed E-state index contributed by atoms with van der Waals surface area (Å²) >= 11 is 0. The number of nitrogens with two attached hydrogens (primary N) is 1. The number of pyridine rings is 1. The lowest BCUT2D eigenvalue weighted by molar-refractivity contribution is 0.294. The van der Waals surface area contributed by atoms with Crippen LogP contribution in [0, 0.1) is 5.41 Å². The van der Waals surface area contributed by atoms with Gasteiger partial charge in [0.25, 0.3) is 0 Å². The third kappa shape index (κ3) is 3.60. The number of hydrogen-bond acceptors (Lipinski definition) is 4. The molecule has 0 aliphatic carbocycles. The van der Waals surface area contributed by atoms with Gasteiger partial charge in [0.2, 0.25) is 5.88 Å². The molecule has 0 atom stereocenters. The minimum absolute atomic E-state index is 0.177. The molecule has 0 saturated carbocycles. The second-order valence-electron chi connectivity index (χ2n) is 4.35. The number of aromatic nitrogens is 1. The van der Waals surface area contributed by atoms with Gasteiger partial charge in [0.05, 0.1) is 7.11 Å². The van der Waals surface area contributed by atoms with Gasteiger partial charge in [0.1, 0.15) is 0 Å². The van der Waals surface area contributed by atoms with E-state index < -0.39 is 0 Å². The lowest BCUT2D eigenvalue weighted by atomic mass is 9.82. The normalized spacial score (nSPS) is 11.3. The van der Waals surface area contributed by atoms with Gasteiger partial charge in [-0.25, -0.2) is 4.98 Å². The molecule has 0 saturated heterocycles. The van der Waals surface area contributed by atoms with Crippen LogP contribution in [-0.4, -0.2) is 25.2 Å². The standard InChI is InChI=1S/C13H23N3O/c1-4-13(5-2,9-14)10-16-11-6-7-15-12(8-11)17-3/h6-8H,4-5,9-10,14H2,1-3H3,(H,15,16). The second-order valence-corrected chi connectivity index (χ2v) is 4.35. The zero-order valence-corrected chi connectivity index (χ0v) is 11.0. The molecule has 0 radical (unpaired) electrons. The van der Waals surface area contributed by atoms with E-state index in [2.05, 4.69) is 24.1 Å². The molecule has 0 unspecified atom stereocenters. The maximum Gasteiger partial charge on any atom is 0.214 e. The van der Waals surface area contributed by atoms with Crippen molar-refractivity contribution in [2.24, 2.45) is 11.1 Å². The van der Waals surface area contributed by atoms with Gasteiger partial charge in [-0.05, 0) is 30.9 Å². The zero-order chi connectivity index (χ0) is 12.7. The second kappa shape index (κ2) is 6.45. The number of nitrogens with one attached hydrogen (secondary N) is 1. The molecule has 0 bridgehead atoms. The molecule has 4 heteroatoms. The first-order valence-electron chi connectivity index (χ1n) is 6.13. The molecule has 1 rings (SSSR count). The highest BCUT2D eigenvalue weighted by Crippen LogP contribution is 2.25. The molecule has 0 aliphatic rings. The van der Waals surface area contributed by atoms with Gasteiger partial charge in [-0.15, -0.1) is 0 Å². The Bertz CT molecular complexity index is 329. The highest BCUT2D eigenvalue weighted by atomic mass is 16.5. The van der Waals surface area contributed by atoms with E-state index in [9.17, 15) is 0 Å². The maximum atomic E-state index is 5.87. The molecule has 0 aliphatic heterocycles. The SMILES string of the molecule is CCC(CC)(CN)CNc1ccnc(OC)c1. The smallest absolute Gasteiger partial charge is 0.214 e. The van der Waals surface area contributed by atoms with E-state index >= 15 is 0 Å². The van der Waals surface area contributed by atoms with Crippen molar-refractivity contribution in [2.75, 3.05) is 25.5 Å². The first-order valence-corrected chi connectivity index (χ1v) is 6.13. The van der Waals surface area contributed by atoms with Gasteiger partial charge in [0.15, 0.2) is 0 Å². The predicted octanol–water partition coefficient (Wildman–Crippen LogP) is 2.27. The minimum Gasteiger partial charge on any atom is -0.481 e. The van der Waals surface area contributed by atoms with Crippen LogP contribution in [0.15, 0.2) is 18.3 Å². The largest absolute Gasteiger partial charge is 0.481 e. The van der Waals surface area contributed by atoms with Crippen molar-refractivity contribution in [3.63, 3.8) is 0 Å². The zero-order valence-electron chi connectivity index (χ0n) is 11.0. The van der Waals surface area contributed by atoms with E-state index in [-0.39, 0.29) is 5.41 Å². The fourth-order valence-electron chi connectivity index (χ4n) is 1.78. The van der Waals surface area contributed by atoms with Crippen molar-refractivity contribution < 1.29 is 4.74 Å². The van der Waals surface area contributed by atoms with Crippen molar-refractivity contribution >= 4 is 5.69 Å². The Morgan fingerprint density at radius 1 is 1.41 bits per heavy atom. The van der Waals surface area contributed by atoms with Crippen LogP contribution in [0.5, 0.6) is 5.88 Å². The van der Waals surface area contributed by atoms with Crippen molar-refractivity contribution in [3.8, 4) is 5.88 Å². The number of anilines is 1. The average molecular weight is 237 g/mol. The van der Waals surface area contributed by atoms with Crippen LogP contribution < -0.4 is 15.8 Å². The van der Waals surface area contributed by atoms with Crippen molar-refractivity contribution in [1.29, 1.82) is 0 Å². The molecule has 1 heterocycles. The number of nitrogens with zero attached hydrogens (tertiary/aromatic N) is 1. The summed E-state index contributed by atoms with van der Waals surface area (Å²) in [6, 6.07) is 3.84. The third-order valence-corrected chi connectivity index (χ3v) is 3.54. The van der Waals surface area contributed by atoms with Crippen LogP contribution in [0.3, 0.4) is 0 Å². The lowest BCUT2D eigenvalue weighted by Crippen LogP contribution is -2.36. The summed E-state index contributed by atoms with van der Waals surface area (Å²) in [4.78, 5) is 4.08. The highest BCUT2D eigenvalue weighted by molar-refractivity contribution is 5.45. The van der Waals surface area contributed by atoms with Gasteiger partial charge in [-0.1, -0.05) is 13.8 Å². The van der Waals surface area contributed by atoms with Crippen LogP contribution in [-0.2, 0) is 0 Å². The fourth-order valence-corrected chi connectivity index (χ4v) is 1.78. The topological polar surface area (TPSA) is 60.2 Å². The molecule has 0 aromatic carbocycles. The maximum absolute atomic E-state index is 5.87. The fraction of sp³-hybridized carbons (Fsp3) is 0.615. The molecular formula is C13H23N3O. The summed E-state index contributed by atoms with van der Waals surface area (Å²) in [5.74, 6) is 0.626. The minimum atomic E-state index is 0.177. The summed E-state index contributed by atoms with van der Waals surface area (Å²) in [5.41, 5.74) is 7.07. The van der Waals surface area contributed by atoms with Gasteiger partial charge < -0.3 is 15.8 Å². The van der Waals surface area contributed by atoms with Gasteiger partial charge in [-0.3, -0.25) is 0 Å². The number of ether oxygens (including phenoxy) is 1. The van der Waals surface area contributed by atoms with Crippen LogP contribution in [0.1, 0.15) is 26.7 Å². The van der Waals surface area contributed by atoms with Gasteiger partial charge in [0, 0.05) is 24.5 Å². The van der Waals surface area contributed by atoms with Crippen molar-refractivity contribution in [3.05, 3.63) is 18.3 Å². The van der Waals surface area contributed by atoms with Crippen LogP contribution in [0.4, 0.5) is 5.69 Å². The number of hydrogen-bond donors (Lipinski definition) is 2. The Morgan fingerprint density at radius 2 is 2.12 bits per heavy atom. The molecule has 3 N–H and O–H groups in total. The van der Waals surface area contributed by atoms with Gasteiger partial charge >= 0.3 is 0 Å². The van der Waals surface area contributed by atoms with Crippen LogP contribution >= 0.6 is 0 Å². The van der Waals surface area contributed by atoms with E-state index in [0.717, 1.165) is 25.1 Å². The molecule has 0 fully saturated rings. The monoisotopic (exact) mass is 237 g/mol. The lowest BCUT2D eigenvalue weighted by Gasteiger charge is -2.30. The average Bonchev–Trinajstić information content (AvgIpc) is 2.41. The first-order chi connectivity index (χ1) is 8.19. The molecule has 1 aromatic rings. The highest BCUT2D eigenvalue weighted by Gasteiger charge is 2.23. The molecule has 4 nitrogen and oxygen atoms in total. The Labute approximate surface area is 104 Å². The van der Waals surface area contributed by atoms with Crippen LogP contribution in [0.2, 0.25) is 0 Å². The summed E-state index contributed by atoms with van der Waals surface area (Å²) in [7, 11) is 1.62. The Hall–Kier alpha value is -1.29. The van der Waals surface area contributed by atoms with E-state index in [1.165, 1.54) is 0 Å². The van der Waals surface area contributed by atoms with Crippen molar-refractivity contribution in [2.45, 2.75) is 26.7 Å². The Kier molecular flexibility index (Phi) is 5.22. The summed E-state index contributed by atoms with van der Waals surface area (Å²) in [6.07, 6.45) is 3.90. The van der Waals surface area contributed by atoms with Gasteiger partial charge in [-0.2, -0.15) is 0 Å². The summed E-state index contributed by atoms with van der Waals surface area (Å²) < 4.78 is 5.09. The summed E-state index contributed by atoms with van der Waals surface area (Å²) in [6.45, 7) is 5.95. The predicted molar refractivity (Wildman–Crippen MR) is 71.3 cm³/mol. The molecular weight excluding hydrogens is 214 g/mol. The Morgan fingerprint density at radius 3 is 2.65 bits per heavy atom. The Balaban J connectivity index is 2.65. The van der Waals surface area contributed by atoms with Crippen molar-refractivity contribution in [1.82, 2.24) is 4.98 Å². The quantitative estimate of drug-likeness (QED) is 0.763. The van der Waals surface area contributed by atoms with E-state index in [0.29, 0.717) is 12.4 Å². The van der Waals surface area contributed by atoms with E-state index in [1.54, 1.807) is 13.3 Å². The van der Waals surface area contributed by atoms with E-state index in [1.807, 2.05) is 12.1 Å². The summed E-state index contributed by atoms with van der Waals surface area (Å²) in [5, 5.41) is 3.41. The molecule has 96 valence electrons. The number of rotatable bonds is 7.